The van der Waals surface area contributed by atoms with Crippen molar-refractivity contribution in [3.8, 4) is 61.3 Å². The summed E-state index contributed by atoms with van der Waals surface area (Å²) in [6, 6.07) is 79.5. The van der Waals surface area contributed by atoms with E-state index >= 15 is 0 Å². The molecule has 0 amide bonds. The number of para-hydroxylation sites is 1. The molecule has 0 bridgehead atoms. The van der Waals surface area contributed by atoms with Crippen LogP contribution in [0.4, 0.5) is 0 Å². The third-order valence-corrected chi connectivity index (χ3v) is 11.8. The molecular formula is C57H37NO. The number of hydrogen-bond donors (Lipinski definition) is 0. The molecule has 1 heterocycles. The molecule has 0 N–H and O–H groups in total. The topological polar surface area (TPSA) is 22.0 Å². The van der Waals surface area contributed by atoms with E-state index in [-0.39, 0.29) is 5.56 Å². The van der Waals surface area contributed by atoms with Crippen LogP contribution < -0.4 is 5.56 Å². The molecule has 0 aliphatic carbocycles. The summed E-state index contributed by atoms with van der Waals surface area (Å²) in [7, 11) is 0. The van der Waals surface area contributed by atoms with Crippen molar-refractivity contribution in [2.24, 2.45) is 0 Å². The summed E-state index contributed by atoms with van der Waals surface area (Å²) >= 11 is 0. The van der Waals surface area contributed by atoms with Gasteiger partial charge in [0.25, 0.3) is 5.56 Å². The van der Waals surface area contributed by atoms with Crippen LogP contribution in [-0.4, -0.2) is 4.57 Å². The molecule has 10 aromatic carbocycles. The van der Waals surface area contributed by atoms with Crippen LogP contribution in [0.3, 0.4) is 0 Å². The van der Waals surface area contributed by atoms with Crippen LogP contribution in [0.5, 0.6) is 0 Å². The molecule has 59 heavy (non-hydrogen) atoms. The summed E-state index contributed by atoms with van der Waals surface area (Å²) in [5.74, 6) is 0. The van der Waals surface area contributed by atoms with E-state index in [1.807, 2.05) is 53.1 Å². The van der Waals surface area contributed by atoms with Gasteiger partial charge >= 0.3 is 0 Å². The quantitative estimate of drug-likeness (QED) is 0.122. The minimum atomic E-state index is -0.0177. The van der Waals surface area contributed by atoms with E-state index in [0.29, 0.717) is 5.39 Å². The van der Waals surface area contributed by atoms with Gasteiger partial charge in [0, 0.05) is 16.5 Å². The zero-order chi connectivity index (χ0) is 39.3. The number of rotatable bonds is 6. The van der Waals surface area contributed by atoms with Crippen molar-refractivity contribution in [2.45, 2.75) is 0 Å². The summed E-state index contributed by atoms with van der Waals surface area (Å²) in [5, 5.41) is 7.50. The normalized spacial score (nSPS) is 11.5. The first-order valence-electron chi connectivity index (χ1n) is 20.1. The second kappa shape index (κ2) is 14.3. The van der Waals surface area contributed by atoms with E-state index < -0.39 is 0 Å². The van der Waals surface area contributed by atoms with Crippen molar-refractivity contribution in [1.82, 2.24) is 4.57 Å². The van der Waals surface area contributed by atoms with Crippen LogP contribution in [0.15, 0.2) is 229 Å². The van der Waals surface area contributed by atoms with Crippen LogP contribution in [0.25, 0.3) is 105 Å². The van der Waals surface area contributed by atoms with Gasteiger partial charge in [0.2, 0.25) is 0 Å². The molecule has 0 aliphatic heterocycles. The first-order valence-corrected chi connectivity index (χ1v) is 20.1. The zero-order valence-corrected chi connectivity index (χ0v) is 32.2. The fourth-order valence-electron chi connectivity index (χ4n) is 9.04. The number of hydrogen-bond acceptors (Lipinski definition) is 1. The Labute approximate surface area is 342 Å². The highest BCUT2D eigenvalue weighted by Crippen LogP contribution is 2.46. The predicted octanol–water partition coefficient (Wildman–Crippen LogP) is 14.8. The highest BCUT2D eigenvalue weighted by atomic mass is 16.1. The second-order valence-corrected chi connectivity index (χ2v) is 15.2. The van der Waals surface area contributed by atoms with E-state index in [0.717, 1.165) is 33.1 Å². The maximum atomic E-state index is 14.1. The summed E-state index contributed by atoms with van der Waals surface area (Å²) < 4.78 is 1.85. The molecule has 0 saturated heterocycles. The monoisotopic (exact) mass is 751 g/mol. The van der Waals surface area contributed by atoms with Gasteiger partial charge in [-0.25, -0.2) is 0 Å². The van der Waals surface area contributed by atoms with Gasteiger partial charge in [-0.05, 0) is 131 Å². The third-order valence-electron chi connectivity index (χ3n) is 11.8. The van der Waals surface area contributed by atoms with Gasteiger partial charge in [-0.2, -0.15) is 0 Å². The molecular weight excluding hydrogens is 715 g/mol. The lowest BCUT2D eigenvalue weighted by molar-refractivity contribution is 1.06. The number of aromatic nitrogens is 1. The van der Waals surface area contributed by atoms with Crippen molar-refractivity contribution >= 4 is 43.2 Å². The van der Waals surface area contributed by atoms with Crippen LogP contribution in [0.1, 0.15) is 0 Å². The van der Waals surface area contributed by atoms with Crippen LogP contribution in [0, 0.1) is 0 Å². The number of pyridine rings is 1. The summed E-state index contributed by atoms with van der Waals surface area (Å²) in [6.45, 7) is 0. The van der Waals surface area contributed by atoms with Gasteiger partial charge in [0.15, 0.2) is 0 Å². The van der Waals surface area contributed by atoms with Crippen molar-refractivity contribution in [2.75, 3.05) is 0 Å². The lowest BCUT2D eigenvalue weighted by atomic mass is 9.84. The summed E-state index contributed by atoms with van der Waals surface area (Å²) in [6.07, 6.45) is 0. The van der Waals surface area contributed by atoms with Crippen molar-refractivity contribution < 1.29 is 0 Å². The largest absolute Gasteiger partial charge is 0.276 e. The minimum Gasteiger partial charge on any atom is -0.276 e. The lowest BCUT2D eigenvalue weighted by Gasteiger charge is -2.20. The fourth-order valence-corrected chi connectivity index (χ4v) is 9.04. The Morgan fingerprint density at radius 2 is 0.661 bits per heavy atom. The molecule has 2 heteroatoms. The number of nitrogens with zero attached hydrogens (tertiary/aromatic N) is 1. The average Bonchev–Trinajstić information content (AvgIpc) is 3.31. The van der Waals surface area contributed by atoms with Crippen LogP contribution >= 0.6 is 0 Å². The van der Waals surface area contributed by atoms with Crippen molar-refractivity contribution in [3.05, 3.63) is 235 Å². The van der Waals surface area contributed by atoms with Crippen LogP contribution in [0.2, 0.25) is 0 Å². The molecule has 0 saturated carbocycles. The van der Waals surface area contributed by atoms with E-state index in [1.165, 1.54) is 66.1 Å². The Balaban J connectivity index is 1.20. The van der Waals surface area contributed by atoms with E-state index in [4.69, 9.17) is 0 Å². The molecule has 0 fully saturated rings. The Kier molecular flexibility index (Phi) is 8.34. The molecule has 11 rings (SSSR count). The van der Waals surface area contributed by atoms with E-state index in [2.05, 4.69) is 176 Å². The fraction of sp³-hybridized carbons (Fsp3) is 0. The SMILES string of the molecule is O=c1c2ccccc2c2cc(-c3ccc4c(-c5cccc(-c6ccccc6)c5)c5ccccc5c(-c5cccc(-c6ccccc6)c5)c4c3)ccc2n1-c1ccccc1. The first kappa shape index (κ1) is 34.4. The smallest absolute Gasteiger partial charge is 0.263 e. The molecule has 2 nitrogen and oxygen atoms in total. The Morgan fingerprint density at radius 1 is 0.254 bits per heavy atom. The van der Waals surface area contributed by atoms with Crippen molar-refractivity contribution in [1.29, 1.82) is 0 Å². The average molecular weight is 752 g/mol. The maximum Gasteiger partial charge on any atom is 0.263 e. The Hall–Kier alpha value is -7.81. The summed E-state index contributed by atoms with van der Waals surface area (Å²) in [4.78, 5) is 14.1. The summed E-state index contributed by atoms with van der Waals surface area (Å²) in [5.41, 5.74) is 13.5. The van der Waals surface area contributed by atoms with Gasteiger partial charge < -0.3 is 0 Å². The molecule has 0 aliphatic rings. The molecule has 1 aromatic heterocycles. The molecule has 0 atom stereocenters. The van der Waals surface area contributed by atoms with Crippen molar-refractivity contribution in [3.63, 3.8) is 0 Å². The molecule has 276 valence electrons. The second-order valence-electron chi connectivity index (χ2n) is 15.2. The van der Waals surface area contributed by atoms with E-state index in [9.17, 15) is 4.79 Å². The highest BCUT2D eigenvalue weighted by Gasteiger charge is 2.19. The third kappa shape index (κ3) is 5.93. The first-order chi connectivity index (χ1) is 29.2. The zero-order valence-electron chi connectivity index (χ0n) is 32.2. The van der Waals surface area contributed by atoms with Gasteiger partial charge in [-0.1, -0.05) is 176 Å². The van der Waals surface area contributed by atoms with Gasteiger partial charge in [-0.15, -0.1) is 0 Å². The van der Waals surface area contributed by atoms with Crippen LogP contribution in [-0.2, 0) is 0 Å². The Bertz CT molecular complexity index is 3440. The Morgan fingerprint density at radius 3 is 1.25 bits per heavy atom. The van der Waals surface area contributed by atoms with Gasteiger partial charge in [-0.3, -0.25) is 9.36 Å². The lowest BCUT2D eigenvalue weighted by Crippen LogP contribution is -2.19. The maximum absolute atomic E-state index is 14.1. The van der Waals surface area contributed by atoms with E-state index in [1.54, 1.807) is 0 Å². The number of benzene rings is 10. The predicted molar refractivity (Wildman–Crippen MR) is 249 cm³/mol. The van der Waals surface area contributed by atoms with Gasteiger partial charge in [0.1, 0.15) is 0 Å². The minimum absolute atomic E-state index is 0.0177. The van der Waals surface area contributed by atoms with Gasteiger partial charge in [0.05, 0.1) is 5.52 Å². The molecule has 11 aromatic rings. The molecule has 0 spiro atoms. The standard InChI is InChI=1S/C57H37NO/c59-57-51-29-13-10-26-47(51)52-36-43(31-33-54(52)58(57)46-24-8-3-9-25-46)42-30-32-50-53(37-42)56(45-23-15-21-41(35-45)39-18-6-2-7-19-39)49-28-12-11-27-48(49)55(50)44-22-14-20-40(34-44)38-16-4-1-5-17-38/h1-37H. The molecule has 0 radical (unpaired) electrons. The highest BCUT2D eigenvalue weighted by molar-refractivity contribution is 6.22. The number of fused-ring (bicyclic) bond motifs is 5. The molecule has 0 unspecified atom stereocenters.